The van der Waals surface area contributed by atoms with E-state index in [1.807, 2.05) is 55.5 Å². The number of carbonyl (C=O) groups excluding carboxylic acids is 1. The van der Waals surface area contributed by atoms with Crippen molar-refractivity contribution in [2.24, 2.45) is 5.10 Å². The summed E-state index contributed by atoms with van der Waals surface area (Å²) in [6, 6.07) is 14.7. The number of amides is 1. The predicted molar refractivity (Wildman–Crippen MR) is 110 cm³/mol. The highest BCUT2D eigenvalue weighted by Gasteiger charge is 2.36. The zero-order chi connectivity index (χ0) is 19.5. The summed E-state index contributed by atoms with van der Waals surface area (Å²) in [5, 5.41) is 6.61. The topological polar surface area (TPSA) is 59.0 Å². The molecule has 2 atom stereocenters. The first-order valence-electron chi connectivity index (χ1n) is 8.95. The van der Waals surface area contributed by atoms with Gasteiger partial charge in [-0.2, -0.15) is 5.10 Å². The van der Waals surface area contributed by atoms with Crippen LogP contribution in [0.15, 0.2) is 75.0 Å². The van der Waals surface area contributed by atoms with Gasteiger partial charge in [0.05, 0.1) is 29.2 Å². The second kappa shape index (κ2) is 8.29. The number of nitrogens with zero attached hydrogens (tertiary/aromatic N) is 2. The molecule has 0 bridgehead atoms. The van der Waals surface area contributed by atoms with Gasteiger partial charge in [-0.3, -0.25) is 4.79 Å². The van der Waals surface area contributed by atoms with E-state index in [2.05, 4.69) is 5.10 Å². The van der Waals surface area contributed by atoms with Gasteiger partial charge in [0.25, 0.3) is 5.91 Å². The Morgan fingerprint density at radius 2 is 1.96 bits per heavy atom. The summed E-state index contributed by atoms with van der Waals surface area (Å²) in [5.41, 5.74) is 1.79. The number of hydrogen-bond donors (Lipinski definition) is 0. The first-order valence-corrected chi connectivity index (χ1v) is 10.4. The molecular weight excluding hydrogens is 396 g/mol. The molecule has 28 heavy (non-hydrogen) atoms. The lowest BCUT2D eigenvalue weighted by molar-refractivity contribution is -0.132. The lowest BCUT2D eigenvalue weighted by Gasteiger charge is -2.22. The van der Waals surface area contributed by atoms with Crippen molar-refractivity contribution < 1.29 is 13.6 Å². The molecule has 2 unspecified atom stereocenters. The third-order valence-corrected chi connectivity index (χ3v) is 5.99. The number of furan rings is 2. The van der Waals surface area contributed by atoms with Crippen LogP contribution in [0.3, 0.4) is 0 Å². The SMILES string of the molecule is CC(SCc1ccco1)C(=O)N1N=C(c2ccc(Cl)cc2)CC1c1ccco1. The lowest BCUT2D eigenvalue weighted by Crippen LogP contribution is -2.33. The summed E-state index contributed by atoms with van der Waals surface area (Å²) in [6.45, 7) is 1.89. The Morgan fingerprint density at radius 3 is 2.64 bits per heavy atom. The Labute approximate surface area is 172 Å². The fourth-order valence-electron chi connectivity index (χ4n) is 3.09. The molecule has 2 aromatic heterocycles. The number of halogens is 1. The summed E-state index contributed by atoms with van der Waals surface area (Å²) in [5.74, 6) is 2.15. The average molecular weight is 415 g/mol. The Morgan fingerprint density at radius 1 is 1.21 bits per heavy atom. The maximum absolute atomic E-state index is 13.1. The van der Waals surface area contributed by atoms with Gasteiger partial charge in [-0.05, 0) is 48.9 Å². The molecule has 0 saturated heterocycles. The number of thioether (sulfide) groups is 1. The summed E-state index contributed by atoms with van der Waals surface area (Å²) < 4.78 is 10.9. The van der Waals surface area contributed by atoms with Crippen molar-refractivity contribution in [3.05, 3.63) is 83.2 Å². The monoisotopic (exact) mass is 414 g/mol. The maximum atomic E-state index is 13.1. The van der Waals surface area contributed by atoms with Crippen LogP contribution in [-0.2, 0) is 10.5 Å². The summed E-state index contributed by atoms with van der Waals surface area (Å²) in [7, 11) is 0. The molecule has 1 amide bonds. The Kier molecular flexibility index (Phi) is 5.59. The van der Waals surface area contributed by atoms with Gasteiger partial charge >= 0.3 is 0 Å². The largest absolute Gasteiger partial charge is 0.468 e. The molecule has 5 nitrogen and oxygen atoms in total. The third kappa shape index (κ3) is 4.03. The number of benzene rings is 1. The van der Waals surface area contributed by atoms with Gasteiger partial charge in [-0.1, -0.05) is 23.7 Å². The number of rotatable bonds is 6. The predicted octanol–water partition coefficient (Wildman–Crippen LogP) is 5.53. The first-order chi connectivity index (χ1) is 13.6. The van der Waals surface area contributed by atoms with Crippen LogP contribution >= 0.6 is 23.4 Å². The van der Waals surface area contributed by atoms with Crippen LogP contribution in [0.1, 0.15) is 36.5 Å². The zero-order valence-electron chi connectivity index (χ0n) is 15.2. The number of hydrazone groups is 1. The van der Waals surface area contributed by atoms with E-state index in [1.54, 1.807) is 17.5 Å². The van der Waals surface area contributed by atoms with Crippen molar-refractivity contribution in [3.8, 4) is 0 Å². The van der Waals surface area contributed by atoms with E-state index in [0.29, 0.717) is 17.2 Å². The Hall–Kier alpha value is -2.44. The van der Waals surface area contributed by atoms with E-state index in [-0.39, 0.29) is 17.2 Å². The molecule has 0 aliphatic carbocycles. The van der Waals surface area contributed by atoms with E-state index < -0.39 is 0 Å². The van der Waals surface area contributed by atoms with Crippen LogP contribution in [0, 0.1) is 0 Å². The molecule has 1 aliphatic heterocycles. The quantitative estimate of drug-likeness (QED) is 0.532. The van der Waals surface area contributed by atoms with Gasteiger partial charge in [0, 0.05) is 11.4 Å². The summed E-state index contributed by atoms with van der Waals surface area (Å²) in [6.07, 6.45) is 3.85. The highest BCUT2D eigenvalue weighted by molar-refractivity contribution is 7.99. The van der Waals surface area contributed by atoms with Crippen molar-refractivity contribution in [2.45, 2.75) is 30.4 Å². The second-order valence-electron chi connectivity index (χ2n) is 6.50. The van der Waals surface area contributed by atoms with Gasteiger partial charge in [-0.15, -0.1) is 11.8 Å². The van der Waals surface area contributed by atoms with E-state index in [9.17, 15) is 4.79 Å². The van der Waals surface area contributed by atoms with Gasteiger partial charge in [0.2, 0.25) is 0 Å². The standard InChI is InChI=1S/C21H19ClN2O3S/c1-14(28-13-17-4-2-10-26-17)21(25)24-19(20-5-3-11-27-20)12-18(23-24)15-6-8-16(22)9-7-15/h2-11,14,19H,12-13H2,1H3. The van der Waals surface area contributed by atoms with Crippen molar-refractivity contribution in [1.29, 1.82) is 0 Å². The molecule has 3 aromatic rings. The minimum atomic E-state index is -0.268. The summed E-state index contributed by atoms with van der Waals surface area (Å²) in [4.78, 5) is 13.1. The van der Waals surface area contributed by atoms with Crippen LogP contribution in [0.2, 0.25) is 5.02 Å². The average Bonchev–Trinajstić information content (AvgIpc) is 3.47. The van der Waals surface area contributed by atoms with Gasteiger partial charge in [0.15, 0.2) is 0 Å². The molecule has 3 heterocycles. The van der Waals surface area contributed by atoms with E-state index in [0.717, 1.165) is 22.8 Å². The molecule has 1 aliphatic rings. The molecule has 7 heteroatoms. The van der Waals surface area contributed by atoms with E-state index >= 15 is 0 Å². The molecule has 144 valence electrons. The molecule has 0 spiro atoms. The second-order valence-corrected chi connectivity index (χ2v) is 8.27. The van der Waals surface area contributed by atoms with Crippen LogP contribution in [0.4, 0.5) is 0 Å². The minimum absolute atomic E-state index is 0.0538. The lowest BCUT2D eigenvalue weighted by atomic mass is 10.0. The van der Waals surface area contributed by atoms with E-state index in [4.69, 9.17) is 20.4 Å². The van der Waals surface area contributed by atoms with Crippen LogP contribution in [0.25, 0.3) is 0 Å². The first kappa shape index (κ1) is 18.9. The number of carbonyl (C=O) groups is 1. The maximum Gasteiger partial charge on any atom is 0.256 e. The Balaban J connectivity index is 1.55. The van der Waals surface area contributed by atoms with Crippen LogP contribution in [-0.4, -0.2) is 21.9 Å². The highest BCUT2D eigenvalue weighted by Crippen LogP contribution is 2.35. The van der Waals surface area contributed by atoms with Crippen molar-refractivity contribution >= 4 is 35.0 Å². The number of hydrogen-bond acceptors (Lipinski definition) is 5. The summed E-state index contributed by atoms with van der Waals surface area (Å²) >= 11 is 7.52. The fraction of sp³-hybridized carbons (Fsp3) is 0.238. The van der Waals surface area contributed by atoms with Crippen molar-refractivity contribution in [2.75, 3.05) is 0 Å². The molecule has 0 fully saturated rings. The third-order valence-electron chi connectivity index (χ3n) is 4.59. The molecule has 0 saturated carbocycles. The fourth-order valence-corrected chi connectivity index (χ4v) is 4.05. The van der Waals surface area contributed by atoms with Gasteiger partial charge in [0.1, 0.15) is 17.6 Å². The molecule has 0 N–H and O–H groups in total. The minimum Gasteiger partial charge on any atom is -0.468 e. The Bertz CT molecular complexity index is 952. The normalized spacial score (nSPS) is 17.6. The van der Waals surface area contributed by atoms with Gasteiger partial charge in [-0.25, -0.2) is 5.01 Å². The molecular formula is C21H19ClN2O3S. The highest BCUT2D eigenvalue weighted by atomic mass is 35.5. The molecule has 1 aromatic carbocycles. The van der Waals surface area contributed by atoms with Crippen molar-refractivity contribution in [3.63, 3.8) is 0 Å². The van der Waals surface area contributed by atoms with Crippen LogP contribution in [0.5, 0.6) is 0 Å². The van der Waals surface area contributed by atoms with Gasteiger partial charge < -0.3 is 8.83 Å². The van der Waals surface area contributed by atoms with Crippen molar-refractivity contribution in [1.82, 2.24) is 5.01 Å². The smallest absolute Gasteiger partial charge is 0.256 e. The zero-order valence-corrected chi connectivity index (χ0v) is 16.8. The molecule has 0 radical (unpaired) electrons. The molecule has 4 rings (SSSR count). The van der Waals surface area contributed by atoms with Crippen LogP contribution < -0.4 is 0 Å². The van der Waals surface area contributed by atoms with E-state index in [1.165, 1.54) is 11.8 Å².